The lowest BCUT2D eigenvalue weighted by atomic mass is 9.96. The lowest BCUT2D eigenvalue weighted by Crippen LogP contribution is -2.27. The third kappa shape index (κ3) is 5.21. The van der Waals surface area contributed by atoms with Gasteiger partial charge in [-0.25, -0.2) is 0 Å². The van der Waals surface area contributed by atoms with Crippen LogP contribution >= 0.6 is 0 Å². The predicted octanol–water partition coefficient (Wildman–Crippen LogP) is 2.64. The van der Waals surface area contributed by atoms with E-state index < -0.39 is 0 Å². The highest BCUT2D eigenvalue weighted by atomic mass is 16.5. The Labute approximate surface area is 116 Å². The summed E-state index contributed by atoms with van der Waals surface area (Å²) in [6.07, 6.45) is 4.88. The molecule has 1 N–H and O–H groups in total. The van der Waals surface area contributed by atoms with E-state index >= 15 is 0 Å². The molecule has 0 aromatic heterocycles. The first-order valence-corrected chi connectivity index (χ1v) is 7.17. The number of rotatable bonds is 9. The number of nitrogens with one attached hydrogen (secondary N) is 1. The summed E-state index contributed by atoms with van der Waals surface area (Å²) in [6.45, 7) is 1.92. The van der Waals surface area contributed by atoms with Gasteiger partial charge in [-0.3, -0.25) is 0 Å². The van der Waals surface area contributed by atoms with Gasteiger partial charge < -0.3 is 14.8 Å². The lowest BCUT2D eigenvalue weighted by molar-refractivity contribution is 0.176. The highest BCUT2D eigenvalue weighted by Crippen LogP contribution is 2.21. The molecule has 0 amide bonds. The van der Waals surface area contributed by atoms with Crippen molar-refractivity contribution >= 4 is 0 Å². The molecule has 1 aromatic carbocycles. The van der Waals surface area contributed by atoms with Gasteiger partial charge in [0.2, 0.25) is 0 Å². The Kier molecular flexibility index (Phi) is 5.67. The van der Waals surface area contributed by atoms with E-state index in [1.165, 1.54) is 18.4 Å². The van der Waals surface area contributed by atoms with Crippen molar-refractivity contribution in [2.24, 2.45) is 5.92 Å². The van der Waals surface area contributed by atoms with Crippen molar-refractivity contribution in [3.63, 3.8) is 0 Å². The molecule has 1 aromatic rings. The molecule has 0 saturated heterocycles. The van der Waals surface area contributed by atoms with E-state index in [9.17, 15) is 0 Å². The van der Waals surface area contributed by atoms with Crippen molar-refractivity contribution in [2.75, 3.05) is 27.4 Å². The van der Waals surface area contributed by atoms with E-state index in [2.05, 4.69) is 23.5 Å². The topological polar surface area (TPSA) is 30.5 Å². The van der Waals surface area contributed by atoms with E-state index in [0.29, 0.717) is 5.92 Å². The highest BCUT2D eigenvalue weighted by molar-refractivity contribution is 5.28. The van der Waals surface area contributed by atoms with Crippen LogP contribution in [0.25, 0.3) is 0 Å². The van der Waals surface area contributed by atoms with Crippen LogP contribution in [-0.2, 0) is 11.2 Å². The Morgan fingerprint density at radius 2 is 2.16 bits per heavy atom. The zero-order valence-electron chi connectivity index (χ0n) is 12.0. The quantitative estimate of drug-likeness (QED) is 0.743. The van der Waals surface area contributed by atoms with Gasteiger partial charge in [0.1, 0.15) is 5.75 Å². The van der Waals surface area contributed by atoms with Crippen LogP contribution in [0.5, 0.6) is 5.75 Å². The average molecular weight is 263 g/mol. The number of hydrogen-bond acceptors (Lipinski definition) is 3. The summed E-state index contributed by atoms with van der Waals surface area (Å²) in [6, 6.07) is 9.15. The molecule has 0 heterocycles. The molecule has 1 aliphatic carbocycles. The van der Waals surface area contributed by atoms with Crippen LogP contribution in [0, 0.1) is 5.92 Å². The third-order valence-corrected chi connectivity index (χ3v) is 3.66. The van der Waals surface area contributed by atoms with Crippen LogP contribution in [-0.4, -0.2) is 33.4 Å². The van der Waals surface area contributed by atoms with Crippen molar-refractivity contribution in [3.05, 3.63) is 29.8 Å². The molecule has 1 fully saturated rings. The average Bonchev–Trinajstić information content (AvgIpc) is 3.26. The van der Waals surface area contributed by atoms with Gasteiger partial charge in [0, 0.05) is 19.8 Å². The summed E-state index contributed by atoms with van der Waals surface area (Å²) in [5.74, 6) is 1.57. The Balaban J connectivity index is 1.88. The maximum absolute atomic E-state index is 5.29. The Morgan fingerprint density at radius 1 is 1.32 bits per heavy atom. The van der Waals surface area contributed by atoms with Crippen molar-refractivity contribution in [1.29, 1.82) is 0 Å². The van der Waals surface area contributed by atoms with Gasteiger partial charge in [0.25, 0.3) is 0 Å². The lowest BCUT2D eigenvalue weighted by Gasteiger charge is -2.17. The standard InChI is InChI=1S/C16H25NO2/c1-18-9-8-14(12-17-15-6-7-15)10-13-4-3-5-16(11-13)19-2/h3-5,11,14-15,17H,6-10,12H2,1-2H3. The molecular weight excluding hydrogens is 238 g/mol. The van der Waals surface area contributed by atoms with E-state index in [4.69, 9.17) is 9.47 Å². The van der Waals surface area contributed by atoms with Crippen molar-refractivity contribution in [2.45, 2.75) is 31.7 Å². The minimum Gasteiger partial charge on any atom is -0.497 e. The molecule has 0 aliphatic heterocycles. The minimum absolute atomic E-state index is 0.632. The summed E-state index contributed by atoms with van der Waals surface area (Å²) in [5, 5.41) is 3.63. The molecule has 0 spiro atoms. The molecule has 106 valence electrons. The molecule has 1 atom stereocenters. The normalized spacial score (nSPS) is 16.3. The SMILES string of the molecule is COCCC(CNC1CC1)Cc1cccc(OC)c1. The van der Waals surface area contributed by atoms with Crippen LogP contribution in [0.2, 0.25) is 0 Å². The molecular formula is C16H25NO2. The molecule has 1 unspecified atom stereocenters. The van der Waals surface area contributed by atoms with Crippen LogP contribution in [0.3, 0.4) is 0 Å². The Morgan fingerprint density at radius 3 is 2.84 bits per heavy atom. The van der Waals surface area contributed by atoms with Gasteiger partial charge in [-0.2, -0.15) is 0 Å². The molecule has 3 nitrogen and oxygen atoms in total. The van der Waals surface area contributed by atoms with Gasteiger partial charge in [-0.1, -0.05) is 12.1 Å². The molecule has 1 saturated carbocycles. The van der Waals surface area contributed by atoms with Crippen LogP contribution in [0.15, 0.2) is 24.3 Å². The fourth-order valence-corrected chi connectivity index (χ4v) is 2.31. The fourth-order valence-electron chi connectivity index (χ4n) is 2.31. The van der Waals surface area contributed by atoms with Gasteiger partial charge in [-0.05, 0) is 55.8 Å². The fraction of sp³-hybridized carbons (Fsp3) is 0.625. The van der Waals surface area contributed by atoms with Crippen molar-refractivity contribution < 1.29 is 9.47 Å². The van der Waals surface area contributed by atoms with E-state index in [0.717, 1.165) is 37.8 Å². The maximum atomic E-state index is 5.29. The maximum Gasteiger partial charge on any atom is 0.119 e. The zero-order valence-corrected chi connectivity index (χ0v) is 12.0. The van der Waals surface area contributed by atoms with Crippen molar-refractivity contribution in [1.82, 2.24) is 5.32 Å². The van der Waals surface area contributed by atoms with Gasteiger partial charge in [-0.15, -0.1) is 0 Å². The first kappa shape index (κ1) is 14.4. The summed E-state index contributed by atoms with van der Waals surface area (Å²) in [5.41, 5.74) is 1.35. The number of methoxy groups -OCH3 is 2. The second-order valence-corrected chi connectivity index (χ2v) is 5.39. The summed E-state index contributed by atoms with van der Waals surface area (Å²) < 4.78 is 10.5. The Bertz CT molecular complexity index is 377. The largest absolute Gasteiger partial charge is 0.497 e. The molecule has 0 radical (unpaired) electrons. The smallest absolute Gasteiger partial charge is 0.119 e. The van der Waals surface area contributed by atoms with Gasteiger partial charge >= 0.3 is 0 Å². The number of ether oxygens (including phenoxy) is 2. The highest BCUT2D eigenvalue weighted by Gasteiger charge is 2.22. The van der Waals surface area contributed by atoms with E-state index in [-0.39, 0.29) is 0 Å². The zero-order chi connectivity index (χ0) is 13.5. The third-order valence-electron chi connectivity index (χ3n) is 3.66. The van der Waals surface area contributed by atoms with Gasteiger partial charge in [0.15, 0.2) is 0 Å². The summed E-state index contributed by atoms with van der Waals surface area (Å²) >= 11 is 0. The number of hydrogen-bond donors (Lipinski definition) is 1. The molecule has 2 rings (SSSR count). The monoisotopic (exact) mass is 263 g/mol. The minimum atomic E-state index is 0.632. The molecule has 19 heavy (non-hydrogen) atoms. The van der Waals surface area contributed by atoms with Crippen LogP contribution in [0.1, 0.15) is 24.8 Å². The molecule has 3 heteroatoms. The second kappa shape index (κ2) is 7.51. The van der Waals surface area contributed by atoms with Gasteiger partial charge in [0.05, 0.1) is 7.11 Å². The van der Waals surface area contributed by atoms with Crippen LogP contribution < -0.4 is 10.1 Å². The first-order valence-electron chi connectivity index (χ1n) is 7.17. The Hall–Kier alpha value is -1.06. The summed E-state index contributed by atoms with van der Waals surface area (Å²) in [4.78, 5) is 0. The molecule has 1 aliphatic rings. The number of benzene rings is 1. The molecule has 0 bridgehead atoms. The predicted molar refractivity (Wildman–Crippen MR) is 77.7 cm³/mol. The van der Waals surface area contributed by atoms with E-state index in [1.54, 1.807) is 14.2 Å². The summed E-state index contributed by atoms with van der Waals surface area (Å²) in [7, 11) is 3.49. The van der Waals surface area contributed by atoms with E-state index in [1.807, 2.05) is 6.07 Å². The first-order chi connectivity index (χ1) is 9.31. The van der Waals surface area contributed by atoms with Crippen molar-refractivity contribution in [3.8, 4) is 5.75 Å². The van der Waals surface area contributed by atoms with Crippen LogP contribution in [0.4, 0.5) is 0 Å². The second-order valence-electron chi connectivity index (χ2n) is 5.39.